The van der Waals surface area contributed by atoms with Crippen LogP contribution < -0.4 is 0 Å². The number of halogens is 2. The molecule has 0 heterocycles. The Labute approximate surface area is 126 Å². The van der Waals surface area contributed by atoms with Gasteiger partial charge in [0.2, 0.25) is 0 Å². The summed E-state index contributed by atoms with van der Waals surface area (Å²) in [5.41, 5.74) is 0.964. The SMILES string of the molecule is CCCN(C)C(=O)c1cc(C)c(Br)c(S(=O)(=O)Cl)c1. The highest BCUT2D eigenvalue weighted by Gasteiger charge is 2.20. The lowest BCUT2D eigenvalue weighted by Gasteiger charge is -2.17. The standard InChI is InChI=1S/C12H15BrClNO3S/c1-4-5-15(3)12(16)9-6-8(2)11(13)10(7-9)19(14,17)18/h6-7H,4-5H2,1-3H3. The molecule has 1 aromatic rings. The Kier molecular flexibility index (Phi) is 5.41. The highest BCUT2D eigenvalue weighted by molar-refractivity contribution is 9.10. The van der Waals surface area contributed by atoms with Gasteiger partial charge in [-0.1, -0.05) is 6.92 Å². The summed E-state index contributed by atoms with van der Waals surface area (Å²) >= 11 is 3.18. The summed E-state index contributed by atoms with van der Waals surface area (Å²) in [6.45, 7) is 4.29. The Morgan fingerprint density at radius 1 is 1.42 bits per heavy atom. The number of aryl methyl sites for hydroxylation is 1. The number of rotatable bonds is 4. The normalized spacial score (nSPS) is 11.4. The maximum Gasteiger partial charge on any atom is 0.262 e. The monoisotopic (exact) mass is 367 g/mol. The fraction of sp³-hybridized carbons (Fsp3) is 0.417. The van der Waals surface area contributed by atoms with Crippen molar-refractivity contribution in [3.63, 3.8) is 0 Å². The first-order valence-corrected chi connectivity index (χ1v) is 8.79. The predicted octanol–water partition coefficient (Wildman–Crippen LogP) is 3.17. The minimum absolute atomic E-state index is 0.0811. The number of hydrogen-bond acceptors (Lipinski definition) is 3. The van der Waals surface area contributed by atoms with Crippen molar-refractivity contribution in [1.29, 1.82) is 0 Å². The van der Waals surface area contributed by atoms with E-state index in [0.29, 0.717) is 22.1 Å². The summed E-state index contributed by atoms with van der Waals surface area (Å²) in [5, 5.41) is 0. The van der Waals surface area contributed by atoms with E-state index in [9.17, 15) is 13.2 Å². The van der Waals surface area contributed by atoms with Crippen molar-refractivity contribution in [2.75, 3.05) is 13.6 Å². The molecule has 4 nitrogen and oxygen atoms in total. The maximum atomic E-state index is 12.1. The molecule has 0 saturated carbocycles. The van der Waals surface area contributed by atoms with Gasteiger partial charge in [-0.25, -0.2) is 8.42 Å². The van der Waals surface area contributed by atoms with Crippen LogP contribution in [0.25, 0.3) is 0 Å². The van der Waals surface area contributed by atoms with Crippen LogP contribution in [0.4, 0.5) is 0 Å². The van der Waals surface area contributed by atoms with Crippen LogP contribution >= 0.6 is 26.6 Å². The molecule has 0 radical (unpaired) electrons. The number of amides is 1. The molecule has 0 aliphatic heterocycles. The first-order valence-electron chi connectivity index (χ1n) is 5.68. The summed E-state index contributed by atoms with van der Waals surface area (Å²) in [6, 6.07) is 2.94. The summed E-state index contributed by atoms with van der Waals surface area (Å²) < 4.78 is 23.4. The van der Waals surface area contributed by atoms with Crippen LogP contribution in [0.2, 0.25) is 0 Å². The number of hydrogen-bond donors (Lipinski definition) is 0. The number of carbonyl (C=O) groups is 1. The molecular formula is C12H15BrClNO3S. The summed E-state index contributed by atoms with van der Waals surface area (Å²) in [6.07, 6.45) is 0.832. The van der Waals surface area contributed by atoms with Gasteiger partial charge < -0.3 is 4.90 Å². The van der Waals surface area contributed by atoms with Crippen LogP contribution in [-0.2, 0) is 9.05 Å². The number of benzene rings is 1. The molecule has 7 heteroatoms. The molecule has 0 spiro atoms. The van der Waals surface area contributed by atoms with Crippen molar-refractivity contribution < 1.29 is 13.2 Å². The van der Waals surface area contributed by atoms with E-state index in [1.54, 1.807) is 24.9 Å². The zero-order valence-electron chi connectivity index (χ0n) is 10.9. The van der Waals surface area contributed by atoms with Crippen molar-refractivity contribution in [1.82, 2.24) is 4.90 Å². The average molecular weight is 369 g/mol. The second-order valence-electron chi connectivity index (χ2n) is 4.27. The van der Waals surface area contributed by atoms with Gasteiger partial charge in [-0.15, -0.1) is 0 Å². The van der Waals surface area contributed by atoms with Gasteiger partial charge >= 0.3 is 0 Å². The molecule has 0 bridgehead atoms. The van der Waals surface area contributed by atoms with Crippen LogP contribution in [0.3, 0.4) is 0 Å². The Bertz CT molecular complexity index is 601. The van der Waals surface area contributed by atoms with Gasteiger partial charge in [0, 0.05) is 34.3 Å². The molecule has 1 aromatic carbocycles. The van der Waals surface area contributed by atoms with Crippen LogP contribution in [-0.4, -0.2) is 32.8 Å². The van der Waals surface area contributed by atoms with Crippen molar-refractivity contribution in [3.8, 4) is 0 Å². The van der Waals surface area contributed by atoms with Crippen LogP contribution in [0.1, 0.15) is 29.3 Å². The van der Waals surface area contributed by atoms with Gasteiger partial charge in [0.15, 0.2) is 0 Å². The summed E-state index contributed by atoms with van der Waals surface area (Å²) in [4.78, 5) is 13.6. The molecule has 0 N–H and O–H groups in total. The highest BCUT2D eigenvalue weighted by Crippen LogP contribution is 2.30. The van der Waals surface area contributed by atoms with Crippen molar-refractivity contribution in [2.24, 2.45) is 0 Å². The minimum atomic E-state index is -3.90. The molecule has 0 fully saturated rings. The predicted molar refractivity (Wildman–Crippen MR) is 79.2 cm³/mol. The lowest BCUT2D eigenvalue weighted by atomic mass is 10.1. The maximum absolute atomic E-state index is 12.1. The van der Waals surface area contributed by atoms with E-state index >= 15 is 0 Å². The molecule has 1 rings (SSSR count). The molecule has 19 heavy (non-hydrogen) atoms. The smallest absolute Gasteiger partial charge is 0.262 e. The van der Waals surface area contributed by atoms with Gasteiger partial charge in [0.1, 0.15) is 0 Å². The van der Waals surface area contributed by atoms with Crippen LogP contribution in [0.5, 0.6) is 0 Å². The van der Waals surface area contributed by atoms with Crippen molar-refractivity contribution >= 4 is 41.6 Å². The first-order chi connectivity index (χ1) is 8.68. The van der Waals surface area contributed by atoms with E-state index in [1.165, 1.54) is 6.07 Å². The molecule has 0 saturated heterocycles. The number of carbonyl (C=O) groups excluding carboxylic acids is 1. The van der Waals surface area contributed by atoms with E-state index in [4.69, 9.17) is 10.7 Å². The molecule has 0 aliphatic rings. The van der Waals surface area contributed by atoms with Crippen molar-refractivity contribution in [2.45, 2.75) is 25.2 Å². The quantitative estimate of drug-likeness (QED) is 0.767. The summed E-state index contributed by atoms with van der Waals surface area (Å²) in [5.74, 6) is -0.223. The van der Waals surface area contributed by atoms with Gasteiger partial charge in [0.05, 0.1) is 4.90 Å². The lowest BCUT2D eigenvalue weighted by molar-refractivity contribution is 0.0795. The van der Waals surface area contributed by atoms with Crippen LogP contribution in [0.15, 0.2) is 21.5 Å². The van der Waals surface area contributed by atoms with E-state index < -0.39 is 9.05 Å². The average Bonchev–Trinajstić information content (AvgIpc) is 2.30. The Morgan fingerprint density at radius 2 is 2.00 bits per heavy atom. The lowest BCUT2D eigenvalue weighted by Crippen LogP contribution is -2.27. The Hall–Kier alpha value is -0.590. The van der Waals surface area contributed by atoms with Gasteiger partial charge in [0.25, 0.3) is 15.0 Å². The van der Waals surface area contributed by atoms with E-state index in [0.717, 1.165) is 6.42 Å². The van der Waals surface area contributed by atoms with Crippen molar-refractivity contribution in [3.05, 3.63) is 27.7 Å². The molecule has 106 valence electrons. The van der Waals surface area contributed by atoms with Gasteiger partial charge in [-0.05, 0) is 47.0 Å². The third-order valence-electron chi connectivity index (χ3n) is 2.64. The summed E-state index contributed by atoms with van der Waals surface area (Å²) in [7, 11) is 3.15. The fourth-order valence-electron chi connectivity index (χ4n) is 1.70. The third-order valence-corrected chi connectivity index (χ3v) is 5.30. The fourth-order valence-corrected chi connectivity index (χ4v) is 3.85. The van der Waals surface area contributed by atoms with E-state index in [2.05, 4.69) is 15.9 Å². The topological polar surface area (TPSA) is 54.5 Å². The Balaban J connectivity index is 3.33. The van der Waals surface area contributed by atoms with E-state index in [-0.39, 0.29) is 10.8 Å². The van der Waals surface area contributed by atoms with E-state index in [1.807, 2.05) is 6.92 Å². The molecule has 0 unspecified atom stereocenters. The molecule has 0 atom stereocenters. The van der Waals surface area contributed by atoms with Crippen LogP contribution in [0, 0.1) is 6.92 Å². The third kappa shape index (κ3) is 3.94. The molecule has 0 aliphatic carbocycles. The van der Waals surface area contributed by atoms with Gasteiger partial charge in [-0.3, -0.25) is 4.79 Å². The largest absolute Gasteiger partial charge is 0.342 e. The zero-order chi connectivity index (χ0) is 14.8. The second-order valence-corrected chi connectivity index (χ2v) is 7.60. The minimum Gasteiger partial charge on any atom is -0.342 e. The Morgan fingerprint density at radius 3 is 2.47 bits per heavy atom. The first kappa shape index (κ1) is 16.5. The second kappa shape index (κ2) is 6.24. The molecule has 0 aromatic heterocycles. The molecule has 1 amide bonds. The number of nitrogens with zero attached hydrogens (tertiary/aromatic N) is 1. The zero-order valence-corrected chi connectivity index (χ0v) is 14.1. The molecular weight excluding hydrogens is 354 g/mol. The van der Waals surface area contributed by atoms with Gasteiger partial charge in [-0.2, -0.15) is 0 Å². The highest BCUT2D eigenvalue weighted by atomic mass is 79.9.